The predicted molar refractivity (Wildman–Crippen MR) is 105 cm³/mol. The van der Waals surface area contributed by atoms with Gasteiger partial charge in [0.15, 0.2) is 11.6 Å². The summed E-state index contributed by atoms with van der Waals surface area (Å²) in [5.41, 5.74) is 0.586. The summed E-state index contributed by atoms with van der Waals surface area (Å²) in [7, 11) is 0. The molecule has 0 N–H and O–H groups in total. The van der Waals surface area contributed by atoms with Crippen LogP contribution in [0.1, 0.15) is 24.5 Å². The van der Waals surface area contributed by atoms with E-state index in [2.05, 4.69) is 6.58 Å². The van der Waals surface area contributed by atoms with Gasteiger partial charge in [-0.2, -0.15) is 8.78 Å². The summed E-state index contributed by atoms with van der Waals surface area (Å²) in [5, 5.41) is 1.13. The zero-order valence-electron chi connectivity index (χ0n) is 15.6. The van der Waals surface area contributed by atoms with E-state index in [-0.39, 0.29) is 5.56 Å². The molecule has 3 rings (SSSR count). The minimum Gasteiger partial charge on any atom is -0.494 e. The molecule has 0 heterocycles. The second kappa shape index (κ2) is 8.38. The highest BCUT2D eigenvalue weighted by Crippen LogP contribution is 2.35. The number of alkyl halides is 2. The smallest absolute Gasteiger partial charge is 0.426 e. The first-order valence-corrected chi connectivity index (χ1v) is 9.06. The van der Waals surface area contributed by atoms with Crippen molar-refractivity contribution < 1.29 is 22.6 Å². The molecule has 3 aromatic carbocycles. The quantitative estimate of drug-likeness (QED) is 0.405. The van der Waals surface area contributed by atoms with Crippen molar-refractivity contribution in [1.82, 2.24) is 0 Å². The summed E-state index contributed by atoms with van der Waals surface area (Å²) in [6.45, 7) is 5.96. The standard InChI is InChI=1S/C23H21F3O2/c1-3-5-6-16-7-10-19(11-8-16)23(25,26)28-22-15-17-9-12-20(27-4-2)13-18(17)14-21(22)24/h3,7-15H,1,4-6H2,2H3. The Morgan fingerprint density at radius 1 is 1.00 bits per heavy atom. The van der Waals surface area contributed by atoms with Crippen LogP contribution in [-0.4, -0.2) is 6.61 Å². The van der Waals surface area contributed by atoms with Crippen LogP contribution in [0.25, 0.3) is 10.8 Å². The van der Waals surface area contributed by atoms with Crippen molar-refractivity contribution in [2.75, 3.05) is 6.61 Å². The third-order valence-electron chi connectivity index (χ3n) is 4.34. The summed E-state index contributed by atoms with van der Waals surface area (Å²) in [6.07, 6.45) is -0.402. The lowest BCUT2D eigenvalue weighted by Crippen LogP contribution is -2.22. The number of ether oxygens (including phenoxy) is 2. The third kappa shape index (κ3) is 4.47. The number of halogens is 3. The average molecular weight is 386 g/mol. The number of fused-ring (bicyclic) bond motifs is 1. The Morgan fingerprint density at radius 2 is 1.75 bits per heavy atom. The highest BCUT2D eigenvalue weighted by molar-refractivity contribution is 5.85. The second-order valence-electron chi connectivity index (χ2n) is 6.37. The van der Waals surface area contributed by atoms with Gasteiger partial charge in [0.1, 0.15) is 5.75 Å². The van der Waals surface area contributed by atoms with E-state index in [4.69, 9.17) is 9.47 Å². The molecule has 0 saturated carbocycles. The maximum absolute atomic E-state index is 14.5. The SMILES string of the molecule is C=CCCc1ccc(C(F)(F)Oc2cc3ccc(OCC)cc3cc2F)cc1. The Hall–Kier alpha value is -2.95. The van der Waals surface area contributed by atoms with Gasteiger partial charge in [0.05, 0.1) is 12.2 Å². The Bertz CT molecular complexity index is 965. The van der Waals surface area contributed by atoms with Crippen molar-refractivity contribution in [2.24, 2.45) is 0 Å². The van der Waals surface area contributed by atoms with E-state index in [1.807, 2.05) is 6.92 Å². The highest BCUT2D eigenvalue weighted by atomic mass is 19.3. The summed E-state index contributed by atoms with van der Waals surface area (Å²) in [6, 6.07) is 13.3. The van der Waals surface area contributed by atoms with Gasteiger partial charge in [0, 0.05) is 0 Å². The second-order valence-corrected chi connectivity index (χ2v) is 6.37. The van der Waals surface area contributed by atoms with Crippen LogP contribution in [0.3, 0.4) is 0 Å². The van der Waals surface area contributed by atoms with Crippen molar-refractivity contribution in [3.63, 3.8) is 0 Å². The minimum atomic E-state index is -3.66. The molecule has 146 valence electrons. The Kier molecular flexibility index (Phi) is 5.93. The van der Waals surface area contributed by atoms with Gasteiger partial charge < -0.3 is 9.47 Å². The lowest BCUT2D eigenvalue weighted by Gasteiger charge is -2.19. The fourth-order valence-electron chi connectivity index (χ4n) is 2.89. The Balaban J connectivity index is 1.84. The number of benzene rings is 3. The summed E-state index contributed by atoms with van der Waals surface area (Å²) >= 11 is 0. The third-order valence-corrected chi connectivity index (χ3v) is 4.34. The van der Waals surface area contributed by atoms with Gasteiger partial charge >= 0.3 is 6.11 Å². The molecule has 28 heavy (non-hydrogen) atoms. The lowest BCUT2D eigenvalue weighted by atomic mass is 10.1. The molecule has 3 aromatic rings. The maximum atomic E-state index is 14.5. The van der Waals surface area contributed by atoms with Crippen LogP contribution in [0.15, 0.2) is 67.3 Å². The molecule has 0 fully saturated rings. The fourth-order valence-corrected chi connectivity index (χ4v) is 2.89. The average Bonchev–Trinajstić information content (AvgIpc) is 2.67. The van der Waals surface area contributed by atoms with Gasteiger partial charge in [0.25, 0.3) is 0 Å². The molecule has 0 radical (unpaired) electrons. The molecule has 0 unspecified atom stereocenters. The molecule has 0 bridgehead atoms. The Labute approximate surface area is 162 Å². The number of aryl methyl sites for hydroxylation is 1. The first-order valence-electron chi connectivity index (χ1n) is 9.06. The van der Waals surface area contributed by atoms with Crippen molar-refractivity contribution in [3.05, 3.63) is 84.2 Å². The van der Waals surface area contributed by atoms with Crippen molar-refractivity contribution in [1.29, 1.82) is 0 Å². The topological polar surface area (TPSA) is 18.5 Å². The van der Waals surface area contributed by atoms with Crippen molar-refractivity contribution in [3.8, 4) is 11.5 Å². The molecule has 0 aliphatic heterocycles. The molecule has 0 atom stereocenters. The molecular formula is C23H21F3O2. The van der Waals surface area contributed by atoms with E-state index in [1.165, 1.54) is 24.3 Å². The molecule has 0 aromatic heterocycles. The van der Waals surface area contributed by atoms with Crippen LogP contribution in [0, 0.1) is 5.82 Å². The van der Waals surface area contributed by atoms with E-state index in [9.17, 15) is 13.2 Å². The molecule has 0 saturated heterocycles. The van der Waals surface area contributed by atoms with Crippen LogP contribution in [0.5, 0.6) is 11.5 Å². The zero-order valence-corrected chi connectivity index (χ0v) is 15.6. The summed E-state index contributed by atoms with van der Waals surface area (Å²) in [4.78, 5) is 0. The zero-order chi connectivity index (χ0) is 20.1. The molecule has 0 aliphatic rings. The normalized spacial score (nSPS) is 11.4. The summed E-state index contributed by atoms with van der Waals surface area (Å²) < 4.78 is 53.6. The van der Waals surface area contributed by atoms with E-state index in [1.54, 1.807) is 36.4 Å². The Morgan fingerprint density at radius 3 is 2.43 bits per heavy atom. The van der Waals surface area contributed by atoms with Crippen LogP contribution in [0.4, 0.5) is 13.2 Å². The fraction of sp³-hybridized carbons (Fsp3) is 0.217. The van der Waals surface area contributed by atoms with E-state index >= 15 is 0 Å². The van der Waals surface area contributed by atoms with Crippen LogP contribution in [-0.2, 0) is 12.5 Å². The van der Waals surface area contributed by atoms with Gasteiger partial charge in [-0.3, -0.25) is 0 Å². The number of allylic oxidation sites excluding steroid dienone is 1. The van der Waals surface area contributed by atoms with Crippen LogP contribution < -0.4 is 9.47 Å². The van der Waals surface area contributed by atoms with Crippen LogP contribution >= 0.6 is 0 Å². The van der Waals surface area contributed by atoms with Gasteiger partial charge in [-0.25, -0.2) is 4.39 Å². The monoisotopic (exact) mass is 386 g/mol. The molecule has 5 heteroatoms. The van der Waals surface area contributed by atoms with Crippen molar-refractivity contribution in [2.45, 2.75) is 25.9 Å². The highest BCUT2D eigenvalue weighted by Gasteiger charge is 2.35. The van der Waals surface area contributed by atoms with Crippen LogP contribution in [0.2, 0.25) is 0 Å². The van der Waals surface area contributed by atoms with E-state index in [0.717, 1.165) is 18.4 Å². The first-order chi connectivity index (χ1) is 13.4. The van der Waals surface area contributed by atoms with E-state index < -0.39 is 17.7 Å². The molecule has 0 amide bonds. The minimum absolute atomic E-state index is 0.332. The number of rotatable bonds is 8. The molecule has 0 aliphatic carbocycles. The number of hydrogen-bond acceptors (Lipinski definition) is 2. The first kappa shape index (κ1) is 19.8. The lowest BCUT2D eigenvalue weighted by molar-refractivity contribution is -0.186. The van der Waals surface area contributed by atoms with Gasteiger partial charge in [0.2, 0.25) is 0 Å². The van der Waals surface area contributed by atoms with Gasteiger partial charge in [-0.15, -0.1) is 6.58 Å². The summed E-state index contributed by atoms with van der Waals surface area (Å²) in [5.74, 6) is -0.772. The molecule has 2 nitrogen and oxygen atoms in total. The largest absolute Gasteiger partial charge is 0.494 e. The maximum Gasteiger partial charge on any atom is 0.426 e. The molecular weight excluding hydrogens is 365 g/mol. The molecule has 0 spiro atoms. The van der Waals surface area contributed by atoms with E-state index in [0.29, 0.717) is 23.1 Å². The predicted octanol–water partition coefficient (Wildman–Crippen LogP) is 6.62. The number of hydrogen-bond donors (Lipinski definition) is 0. The van der Waals surface area contributed by atoms with Gasteiger partial charge in [-0.05, 0) is 72.5 Å². The van der Waals surface area contributed by atoms with Gasteiger partial charge in [-0.1, -0.05) is 24.3 Å². The van der Waals surface area contributed by atoms with Crippen molar-refractivity contribution >= 4 is 10.8 Å².